The molecule has 3 aliphatic rings. The molecule has 1 N–H and O–H groups in total. The van der Waals surface area contributed by atoms with E-state index in [4.69, 9.17) is 32.1 Å². The number of carbonyl (C=O) groups is 3. The van der Waals surface area contributed by atoms with E-state index in [1.54, 1.807) is 4.90 Å². The summed E-state index contributed by atoms with van der Waals surface area (Å²) in [6.07, 6.45) is 2.63. The van der Waals surface area contributed by atoms with Crippen LogP contribution in [0.1, 0.15) is 50.0 Å². The molecule has 0 aromatic heterocycles. The summed E-state index contributed by atoms with van der Waals surface area (Å²) in [5, 5.41) is 9.88. The van der Waals surface area contributed by atoms with E-state index in [-0.39, 0.29) is 52.4 Å². The second kappa shape index (κ2) is 10.9. The molecule has 0 saturated carbocycles. The normalized spacial score (nSPS) is 18.0. The molecule has 40 heavy (non-hydrogen) atoms. The quantitative estimate of drug-likeness (QED) is 0.420. The zero-order chi connectivity index (χ0) is 28.8. The summed E-state index contributed by atoms with van der Waals surface area (Å²) >= 11 is 12.5. The number of carboxylic acids is 1. The number of benzene rings is 2. The van der Waals surface area contributed by atoms with E-state index in [1.165, 1.54) is 43.5 Å². The Morgan fingerprint density at radius 2 is 1.55 bits per heavy atom. The minimum Gasteiger partial charge on any atom is -0.493 e. The van der Waals surface area contributed by atoms with Crippen molar-refractivity contribution in [2.24, 2.45) is 0 Å². The van der Waals surface area contributed by atoms with Gasteiger partial charge < -0.3 is 18.9 Å². The van der Waals surface area contributed by atoms with Gasteiger partial charge in [-0.05, 0) is 67.6 Å². The maximum absolute atomic E-state index is 13.4. The van der Waals surface area contributed by atoms with Gasteiger partial charge in [-0.1, -0.05) is 23.2 Å². The van der Waals surface area contributed by atoms with Gasteiger partial charge in [0.25, 0.3) is 0 Å². The number of nitrogens with zero attached hydrogens (tertiary/aromatic N) is 1. The lowest BCUT2D eigenvalue weighted by Crippen LogP contribution is -2.41. The average Bonchev–Trinajstić information content (AvgIpc) is 2.90. The number of carboxylic acid groups (broad SMARTS) is 1. The Labute approximate surface area is 241 Å². The number of carbonyl (C=O) groups excluding carboxylic acids is 2. The number of ether oxygens (including phenoxy) is 1. The van der Waals surface area contributed by atoms with E-state index in [2.05, 4.69) is 0 Å². The smallest absolute Gasteiger partial charge is 0.339 e. The summed E-state index contributed by atoms with van der Waals surface area (Å²) in [6, 6.07) is 8.39. The van der Waals surface area contributed by atoms with Gasteiger partial charge in [-0.3, -0.25) is 14.4 Å². The van der Waals surface area contributed by atoms with Crippen molar-refractivity contribution in [2.75, 3.05) is 13.7 Å². The first-order chi connectivity index (χ1) is 19.0. The Hall–Kier alpha value is -3.34. The van der Waals surface area contributed by atoms with Crippen LogP contribution in [0.15, 0.2) is 63.8 Å². The molecule has 1 aliphatic heterocycles. The molecule has 1 heterocycles. The van der Waals surface area contributed by atoms with Crippen molar-refractivity contribution in [3.05, 3.63) is 74.5 Å². The largest absolute Gasteiger partial charge is 0.493 e. The van der Waals surface area contributed by atoms with Crippen LogP contribution in [0.4, 0.5) is 0 Å². The highest BCUT2D eigenvalue weighted by atomic mass is 35.5. The molecule has 2 aliphatic carbocycles. The van der Waals surface area contributed by atoms with E-state index >= 15 is 0 Å². The summed E-state index contributed by atoms with van der Waals surface area (Å²) in [4.78, 5) is 40.0. The Kier molecular flexibility index (Phi) is 7.69. The summed E-state index contributed by atoms with van der Waals surface area (Å²) in [5.74, 6) is -2.48. The second-order valence-corrected chi connectivity index (χ2v) is 12.1. The summed E-state index contributed by atoms with van der Waals surface area (Å²) in [6.45, 7) is -0.357. The Morgan fingerprint density at radius 3 is 2.08 bits per heavy atom. The molecular formula is C28H25Cl2NO8S. The molecule has 0 unspecified atom stereocenters. The van der Waals surface area contributed by atoms with Crippen LogP contribution < -0.4 is 8.92 Å². The zero-order valence-electron chi connectivity index (χ0n) is 21.4. The third-order valence-corrected chi connectivity index (χ3v) is 9.03. The molecule has 5 rings (SSSR count). The first-order valence-electron chi connectivity index (χ1n) is 12.6. The van der Waals surface area contributed by atoms with Gasteiger partial charge in [0.15, 0.2) is 17.3 Å². The van der Waals surface area contributed by atoms with Crippen LogP contribution in [0.3, 0.4) is 0 Å². The van der Waals surface area contributed by atoms with Gasteiger partial charge in [-0.2, -0.15) is 8.42 Å². The fourth-order valence-corrected chi connectivity index (χ4v) is 7.01. The monoisotopic (exact) mass is 605 g/mol. The van der Waals surface area contributed by atoms with Gasteiger partial charge in [-0.25, -0.2) is 0 Å². The lowest BCUT2D eigenvalue weighted by atomic mass is 9.71. The number of rotatable bonds is 7. The molecular weight excluding hydrogens is 581 g/mol. The van der Waals surface area contributed by atoms with Crippen molar-refractivity contribution in [3.8, 4) is 11.5 Å². The maximum atomic E-state index is 13.4. The number of halogens is 2. The lowest BCUT2D eigenvalue weighted by Gasteiger charge is -2.43. The minimum absolute atomic E-state index is 0.0104. The molecule has 2 aromatic carbocycles. The molecule has 0 amide bonds. The molecule has 2 aromatic rings. The van der Waals surface area contributed by atoms with Crippen LogP contribution in [-0.2, 0) is 24.5 Å². The van der Waals surface area contributed by atoms with Crippen molar-refractivity contribution in [1.82, 2.24) is 4.90 Å². The van der Waals surface area contributed by atoms with Crippen molar-refractivity contribution in [2.45, 2.75) is 49.3 Å². The molecule has 0 radical (unpaired) electrons. The maximum Gasteiger partial charge on any atom is 0.339 e. The van der Waals surface area contributed by atoms with E-state index in [9.17, 15) is 27.9 Å². The number of methoxy groups -OCH3 is 1. The zero-order valence-corrected chi connectivity index (χ0v) is 23.7. The molecule has 9 nitrogen and oxygen atoms in total. The Bertz CT molecular complexity index is 1550. The van der Waals surface area contributed by atoms with Crippen LogP contribution in [0.25, 0.3) is 0 Å². The molecule has 12 heteroatoms. The number of hydrogen-bond acceptors (Lipinski definition) is 8. The molecule has 0 bridgehead atoms. The standard InChI is InChI=1S/C28H25Cl2NO8S/c1-38-23-13-15(12-18(30)28(23)39-40(36,37)17-10-8-16(29)9-11-17)25-26-19(4-2-6-21(26)32)31(14-24(34)35)20-5-3-7-22(33)27(20)25/h8-13,25H,2-7,14H2,1H3,(H,34,35). The van der Waals surface area contributed by atoms with Crippen molar-refractivity contribution < 1.29 is 36.8 Å². The SMILES string of the molecule is COc1cc(C2C3=C(CCCC3=O)N(CC(=O)O)C3=C2C(=O)CCC3)cc(Cl)c1OS(=O)(=O)c1ccc(Cl)cc1. The van der Waals surface area contributed by atoms with Gasteiger partial charge in [0.05, 0.1) is 12.1 Å². The highest BCUT2D eigenvalue weighted by Gasteiger charge is 2.44. The van der Waals surface area contributed by atoms with Crippen LogP contribution >= 0.6 is 23.2 Å². The first-order valence-corrected chi connectivity index (χ1v) is 14.8. The van der Waals surface area contributed by atoms with E-state index in [1.807, 2.05) is 0 Å². The topological polar surface area (TPSA) is 127 Å². The highest BCUT2D eigenvalue weighted by molar-refractivity contribution is 7.87. The van der Waals surface area contributed by atoms with E-state index < -0.39 is 22.0 Å². The molecule has 0 atom stereocenters. The van der Waals surface area contributed by atoms with Crippen LogP contribution in [-0.4, -0.2) is 49.6 Å². The summed E-state index contributed by atoms with van der Waals surface area (Å²) in [5.41, 5.74) is 2.36. The number of Topliss-reactive ketones (excluding diaryl/α,β-unsaturated/α-hetero) is 2. The van der Waals surface area contributed by atoms with Gasteiger partial charge in [0.1, 0.15) is 11.4 Å². The molecule has 0 spiro atoms. The molecule has 0 fully saturated rings. The summed E-state index contributed by atoms with van der Waals surface area (Å²) in [7, 11) is -2.99. The Balaban J connectivity index is 1.65. The third-order valence-electron chi connectivity index (χ3n) is 7.26. The summed E-state index contributed by atoms with van der Waals surface area (Å²) < 4.78 is 36.8. The number of ketones is 2. The fourth-order valence-electron chi connectivity index (χ4n) is 5.62. The van der Waals surface area contributed by atoms with Crippen LogP contribution in [0.2, 0.25) is 10.0 Å². The second-order valence-electron chi connectivity index (χ2n) is 9.71. The number of aliphatic carboxylic acids is 1. The minimum atomic E-state index is -4.31. The fraction of sp³-hybridized carbons (Fsp3) is 0.321. The number of hydrogen-bond donors (Lipinski definition) is 1. The third kappa shape index (κ3) is 5.11. The van der Waals surface area contributed by atoms with Crippen LogP contribution in [0.5, 0.6) is 11.5 Å². The number of allylic oxidation sites excluding steroid dienone is 4. The predicted molar refractivity (Wildman–Crippen MR) is 146 cm³/mol. The van der Waals surface area contributed by atoms with Crippen molar-refractivity contribution in [3.63, 3.8) is 0 Å². The Morgan fingerprint density at radius 1 is 0.975 bits per heavy atom. The molecule has 0 saturated heterocycles. The van der Waals surface area contributed by atoms with Gasteiger partial charge in [0, 0.05) is 46.3 Å². The van der Waals surface area contributed by atoms with Gasteiger partial charge >= 0.3 is 16.1 Å². The van der Waals surface area contributed by atoms with Crippen molar-refractivity contribution in [1.29, 1.82) is 0 Å². The van der Waals surface area contributed by atoms with E-state index in [0.717, 1.165) is 0 Å². The van der Waals surface area contributed by atoms with Crippen molar-refractivity contribution >= 4 is 50.9 Å². The average molecular weight is 606 g/mol. The predicted octanol–water partition coefficient (Wildman–Crippen LogP) is 5.27. The van der Waals surface area contributed by atoms with Gasteiger partial charge in [-0.15, -0.1) is 0 Å². The van der Waals surface area contributed by atoms with Crippen LogP contribution in [0, 0.1) is 0 Å². The van der Waals surface area contributed by atoms with E-state index in [0.29, 0.717) is 58.8 Å². The molecule has 210 valence electrons. The lowest BCUT2D eigenvalue weighted by molar-refractivity contribution is -0.138. The first kappa shape index (κ1) is 28.2. The van der Waals surface area contributed by atoms with Gasteiger partial charge in [0.2, 0.25) is 5.75 Å². The highest BCUT2D eigenvalue weighted by Crippen LogP contribution is 2.51.